The first-order valence-electron chi connectivity index (χ1n) is 7.17. The number of carbonyl (C=O) groups excluding carboxylic acids is 1. The molecular weight excluding hydrogens is 291 g/mol. The van der Waals surface area contributed by atoms with Crippen LogP contribution in [0.1, 0.15) is 18.4 Å². The lowest BCUT2D eigenvalue weighted by Crippen LogP contribution is -2.57. The Morgan fingerprint density at radius 3 is 2.71 bits per heavy atom. The van der Waals surface area contributed by atoms with Crippen LogP contribution in [0, 0.1) is 11.7 Å². The summed E-state index contributed by atoms with van der Waals surface area (Å²) in [6, 6.07) is 6.49. The van der Waals surface area contributed by atoms with Gasteiger partial charge in [0.1, 0.15) is 5.82 Å². The van der Waals surface area contributed by atoms with Crippen molar-refractivity contribution in [2.75, 3.05) is 19.6 Å². The lowest BCUT2D eigenvalue weighted by Gasteiger charge is -2.44. The molecule has 3 nitrogen and oxygen atoms in total. The number of amides is 1. The minimum atomic E-state index is -0.287. The summed E-state index contributed by atoms with van der Waals surface area (Å²) in [5, 5.41) is 3.07. The molecule has 3 fully saturated rings. The van der Waals surface area contributed by atoms with Crippen LogP contribution in [0.15, 0.2) is 30.3 Å². The van der Waals surface area contributed by atoms with E-state index in [-0.39, 0.29) is 30.2 Å². The van der Waals surface area contributed by atoms with Crippen molar-refractivity contribution in [3.05, 3.63) is 41.7 Å². The minimum Gasteiger partial charge on any atom is -0.348 e. The lowest BCUT2D eigenvalue weighted by molar-refractivity contribution is -0.118. The maximum absolute atomic E-state index is 13.0. The number of hydrogen-bond acceptors (Lipinski definition) is 2. The number of benzene rings is 1. The molecular formula is C16H20ClFN2O. The van der Waals surface area contributed by atoms with Crippen molar-refractivity contribution in [1.82, 2.24) is 10.2 Å². The number of fused-ring (bicyclic) bond motifs is 3. The number of nitrogens with one attached hydrogen (secondary N) is 1. The number of piperidine rings is 3. The van der Waals surface area contributed by atoms with Crippen LogP contribution in [0.5, 0.6) is 0 Å². The van der Waals surface area contributed by atoms with Gasteiger partial charge in [0.15, 0.2) is 0 Å². The van der Waals surface area contributed by atoms with Crippen molar-refractivity contribution in [1.29, 1.82) is 0 Å². The van der Waals surface area contributed by atoms with Gasteiger partial charge in [-0.1, -0.05) is 12.1 Å². The first-order chi connectivity index (χ1) is 9.70. The third kappa shape index (κ3) is 4.05. The molecule has 2 bridgehead atoms. The molecule has 0 radical (unpaired) electrons. The molecule has 114 valence electrons. The lowest BCUT2D eigenvalue weighted by atomic mass is 9.84. The Kier molecular flexibility index (Phi) is 5.37. The third-order valence-corrected chi connectivity index (χ3v) is 4.26. The smallest absolute Gasteiger partial charge is 0.244 e. The zero-order chi connectivity index (χ0) is 13.9. The van der Waals surface area contributed by atoms with Gasteiger partial charge in [0.2, 0.25) is 5.91 Å². The monoisotopic (exact) mass is 310 g/mol. The zero-order valence-corrected chi connectivity index (χ0v) is 12.6. The van der Waals surface area contributed by atoms with Crippen molar-refractivity contribution >= 4 is 24.4 Å². The molecule has 5 heteroatoms. The molecule has 4 rings (SSSR count). The quantitative estimate of drug-likeness (QED) is 0.870. The number of rotatable bonds is 3. The van der Waals surface area contributed by atoms with Gasteiger partial charge in [-0.05, 0) is 55.6 Å². The second-order valence-electron chi connectivity index (χ2n) is 5.64. The highest BCUT2D eigenvalue weighted by atomic mass is 35.5. The average Bonchev–Trinajstić information content (AvgIpc) is 2.46. The van der Waals surface area contributed by atoms with E-state index < -0.39 is 0 Å². The summed E-state index contributed by atoms with van der Waals surface area (Å²) < 4.78 is 13.0. The Morgan fingerprint density at radius 2 is 2.10 bits per heavy atom. The maximum atomic E-state index is 13.0. The fourth-order valence-electron chi connectivity index (χ4n) is 3.14. The van der Waals surface area contributed by atoms with Crippen LogP contribution in [0.25, 0.3) is 6.08 Å². The van der Waals surface area contributed by atoms with E-state index in [0.717, 1.165) is 19.6 Å². The van der Waals surface area contributed by atoms with E-state index in [4.69, 9.17) is 0 Å². The zero-order valence-electron chi connectivity index (χ0n) is 11.8. The summed E-state index contributed by atoms with van der Waals surface area (Å²) in [6.45, 7) is 3.29. The molecule has 0 saturated carbocycles. The van der Waals surface area contributed by atoms with E-state index in [1.165, 1.54) is 31.1 Å². The number of nitrogens with zero attached hydrogens (tertiary/aromatic N) is 1. The van der Waals surface area contributed by atoms with Gasteiger partial charge in [0.05, 0.1) is 0 Å². The predicted molar refractivity (Wildman–Crippen MR) is 83.8 cm³/mol. The molecule has 0 aliphatic carbocycles. The molecule has 1 amide bonds. The third-order valence-electron chi connectivity index (χ3n) is 4.26. The van der Waals surface area contributed by atoms with Crippen molar-refractivity contribution in [3.8, 4) is 0 Å². The van der Waals surface area contributed by atoms with Crippen LogP contribution in [0.3, 0.4) is 0 Å². The molecule has 1 unspecified atom stereocenters. The molecule has 3 aliphatic heterocycles. The van der Waals surface area contributed by atoms with E-state index in [1.807, 2.05) is 0 Å². The van der Waals surface area contributed by atoms with Crippen molar-refractivity contribution in [2.45, 2.75) is 18.9 Å². The van der Waals surface area contributed by atoms with Gasteiger partial charge in [-0.15, -0.1) is 12.4 Å². The number of halogens is 2. The largest absolute Gasteiger partial charge is 0.348 e. The SMILES string of the molecule is Cl.O=C(C=Cc1cccc(F)c1)NC1CN2CCC1CC2. The minimum absolute atomic E-state index is 0. The first-order valence-corrected chi connectivity index (χ1v) is 7.17. The van der Waals surface area contributed by atoms with Gasteiger partial charge in [-0.25, -0.2) is 4.39 Å². The molecule has 1 aromatic rings. The Morgan fingerprint density at radius 1 is 1.33 bits per heavy atom. The van der Waals surface area contributed by atoms with Crippen LogP contribution in [-0.2, 0) is 4.79 Å². The Balaban J connectivity index is 0.00000161. The summed E-state index contributed by atoms with van der Waals surface area (Å²) in [6.07, 6.45) is 5.50. The standard InChI is InChI=1S/C16H19FN2O.ClH/c17-14-3-1-2-12(10-14)4-5-16(20)18-15-11-19-8-6-13(15)7-9-19;/h1-5,10,13,15H,6-9,11H2,(H,18,20);1H. The van der Waals surface area contributed by atoms with Crippen molar-refractivity contribution < 1.29 is 9.18 Å². The first kappa shape index (κ1) is 16.0. The highest BCUT2D eigenvalue weighted by Crippen LogP contribution is 2.27. The molecule has 0 spiro atoms. The number of hydrogen-bond donors (Lipinski definition) is 1. The fourth-order valence-corrected chi connectivity index (χ4v) is 3.14. The summed E-state index contributed by atoms with van der Waals surface area (Å²) >= 11 is 0. The Hall–Kier alpha value is -1.39. The Bertz CT molecular complexity index is 527. The molecule has 3 saturated heterocycles. The highest BCUT2D eigenvalue weighted by molar-refractivity contribution is 5.91. The normalized spacial score (nSPS) is 27.4. The van der Waals surface area contributed by atoms with Gasteiger partial charge < -0.3 is 10.2 Å². The molecule has 0 aromatic heterocycles. The second kappa shape index (κ2) is 7.05. The van der Waals surface area contributed by atoms with Crippen molar-refractivity contribution in [3.63, 3.8) is 0 Å². The topological polar surface area (TPSA) is 32.3 Å². The van der Waals surface area contributed by atoms with Crippen LogP contribution in [0.2, 0.25) is 0 Å². The van der Waals surface area contributed by atoms with Crippen LogP contribution < -0.4 is 5.32 Å². The Labute approximate surface area is 130 Å². The van der Waals surface area contributed by atoms with Crippen LogP contribution >= 0.6 is 12.4 Å². The fraction of sp³-hybridized carbons (Fsp3) is 0.438. The van der Waals surface area contributed by atoms with E-state index in [1.54, 1.807) is 18.2 Å². The summed E-state index contributed by atoms with van der Waals surface area (Å²) in [5.74, 6) is 0.240. The van der Waals surface area contributed by atoms with Gasteiger partial charge in [-0.3, -0.25) is 4.79 Å². The van der Waals surface area contributed by atoms with Crippen molar-refractivity contribution in [2.24, 2.45) is 5.92 Å². The number of carbonyl (C=O) groups is 1. The highest BCUT2D eigenvalue weighted by Gasteiger charge is 2.34. The molecule has 3 aliphatic rings. The average molecular weight is 311 g/mol. The van der Waals surface area contributed by atoms with E-state index in [9.17, 15) is 9.18 Å². The summed E-state index contributed by atoms with van der Waals surface area (Å²) in [4.78, 5) is 14.3. The molecule has 1 N–H and O–H groups in total. The maximum Gasteiger partial charge on any atom is 0.244 e. The summed E-state index contributed by atoms with van der Waals surface area (Å²) in [5.41, 5.74) is 0.703. The van der Waals surface area contributed by atoms with Gasteiger partial charge >= 0.3 is 0 Å². The molecule has 3 heterocycles. The van der Waals surface area contributed by atoms with Gasteiger partial charge in [0, 0.05) is 18.7 Å². The van der Waals surface area contributed by atoms with E-state index >= 15 is 0 Å². The van der Waals surface area contributed by atoms with E-state index in [0.29, 0.717) is 11.5 Å². The predicted octanol–water partition coefficient (Wildman–Crippen LogP) is 2.47. The van der Waals surface area contributed by atoms with Gasteiger partial charge in [-0.2, -0.15) is 0 Å². The summed E-state index contributed by atoms with van der Waals surface area (Å²) in [7, 11) is 0. The van der Waals surface area contributed by atoms with Gasteiger partial charge in [0.25, 0.3) is 0 Å². The molecule has 1 aromatic carbocycles. The molecule has 1 atom stereocenters. The molecule has 21 heavy (non-hydrogen) atoms. The van der Waals surface area contributed by atoms with Crippen LogP contribution in [-0.4, -0.2) is 36.5 Å². The van der Waals surface area contributed by atoms with E-state index in [2.05, 4.69) is 10.2 Å². The second-order valence-corrected chi connectivity index (χ2v) is 5.64. The van der Waals surface area contributed by atoms with Crippen LogP contribution in [0.4, 0.5) is 4.39 Å².